The number of hydrogen-bond donors (Lipinski definition) is 6. The molecule has 2 aromatic carbocycles. The molecule has 6 unspecified atom stereocenters. The van der Waals surface area contributed by atoms with Crippen LogP contribution in [0.15, 0.2) is 29.4 Å². The molecular weight excluding hydrogens is 536 g/mol. The third-order valence-electron chi connectivity index (χ3n) is 9.50. The van der Waals surface area contributed by atoms with E-state index in [2.05, 4.69) is 0 Å². The largest absolute Gasteiger partial charge is 0.507 e. The van der Waals surface area contributed by atoms with E-state index in [1.165, 1.54) is 19.1 Å². The van der Waals surface area contributed by atoms with Gasteiger partial charge in [0.1, 0.15) is 23.0 Å². The Labute approximate surface area is 230 Å². The Balaban J connectivity index is 1.61. The van der Waals surface area contributed by atoms with Crippen molar-refractivity contribution in [2.45, 2.75) is 38.4 Å². The quantitative estimate of drug-likeness (QED) is 0.257. The number of rotatable bonds is 0. The van der Waals surface area contributed by atoms with Crippen molar-refractivity contribution in [3.05, 3.63) is 68.3 Å². The number of fused-ring (bicyclic) bond motifs is 7. The van der Waals surface area contributed by atoms with E-state index in [9.17, 15) is 54.6 Å². The van der Waals surface area contributed by atoms with Crippen LogP contribution < -0.4 is 0 Å². The minimum atomic E-state index is -2.35. The number of aliphatic hydroxyl groups excluding tert-OH is 3. The topological polar surface area (TPSA) is 207 Å². The molecule has 6 N–H and O–H groups in total. The number of ketones is 5. The number of phenolic OH excluding ortho intramolecular Hbond substituents is 3. The Morgan fingerprint density at radius 3 is 2.22 bits per heavy atom. The summed E-state index contributed by atoms with van der Waals surface area (Å²) >= 11 is 0. The van der Waals surface area contributed by atoms with Gasteiger partial charge in [-0.1, -0.05) is 0 Å². The minimum absolute atomic E-state index is 0.0479. The van der Waals surface area contributed by atoms with Crippen molar-refractivity contribution >= 4 is 34.7 Å². The SMILES string of the molecule is CC1=CC(=O)c2c(O)c3c(c(O)c2C1=O)C1C(O)C(C3=O)C23C(=O)c4cc(C)cc(O)c4C(O)=C2C(=O)CC(O)C13. The molecule has 0 aliphatic heterocycles. The first kappa shape index (κ1) is 25.4. The summed E-state index contributed by atoms with van der Waals surface area (Å²) in [4.78, 5) is 68.2. The molecule has 208 valence electrons. The Morgan fingerprint density at radius 2 is 1.54 bits per heavy atom. The molecule has 5 aliphatic carbocycles. The lowest BCUT2D eigenvalue weighted by molar-refractivity contribution is -0.123. The standard InChI is InChI=1S/C30H22O11/c1-7-3-9-14(10(31)4-7)26(38)21-13(34)6-12(33)20-17-16-19(28(40)22(27(17)39)30(20,21)29(9)41)24(36)15-11(32)5-8(2)23(35)18(15)25(16)37/h3-5,12,17,20,22,27,31,33,36-39H,6H2,1-2H3. The van der Waals surface area contributed by atoms with Crippen LogP contribution in [0.3, 0.4) is 0 Å². The van der Waals surface area contributed by atoms with E-state index in [-0.39, 0.29) is 16.7 Å². The van der Waals surface area contributed by atoms with Crippen molar-refractivity contribution < 1.29 is 54.6 Å². The number of aliphatic hydroxyl groups is 3. The molecule has 41 heavy (non-hydrogen) atoms. The van der Waals surface area contributed by atoms with Crippen molar-refractivity contribution in [2.24, 2.45) is 17.3 Å². The first-order chi connectivity index (χ1) is 19.3. The second kappa shape index (κ2) is 7.56. The summed E-state index contributed by atoms with van der Waals surface area (Å²) < 4.78 is 0. The van der Waals surface area contributed by atoms with Crippen molar-refractivity contribution in [1.29, 1.82) is 0 Å². The minimum Gasteiger partial charge on any atom is -0.507 e. The van der Waals surface area contributed by atoms with Gasteiger partial charge in [-0.3, -0.25) is 24.0 Å². The molecule has 2 saturated carbocycles. The zero-order valence-corrected chi connectivity index (χ0v) is 21.6. The van der Waals surface area contributed by atoms with Crippen LogP contribution in [-0.2, 0) is 4.79 Å². The zero-order chi connectivity index (χ0) is 29.6. The van der Waals surface area contributed by atoms with Crippen LogP contribution in [0, 0.1) is 24.2 Å². The number of carbonyl (C=O) groups is 5. The summed E-state index contributed by atoms with van der Waals surface area (Å²) in [6.07, 6.45) is -3.16. The highest BCUT2D eigenvalue weighted by Gasteiger charge is 2.76. The fourth-order valence-corrected chi connectivity index (χ4v) is 8.15. The normalized spacial score (nSPS) is 31.4. The molecule has 11 nitrogen and oxygen atoms in total. The van der Waals surface area contributed by atoms with Gasteiger partial charge in [0.15, 0.2) is 28.9 Å². The fraction of sp³-hybridized carbons (Fsp3) is 0.300. The highest BCUT2D eigenvalue weighted by Crippen LogP contribution is 2.70. The average molecular weight is 558 g/mol. The monoisotopic (exact) mass is 558 g/mol. The molecule has 2 bridgehead atoms. The Hall–Kier alpha value is -4.61. The van der Waals surface area contributed by atoms with Crippen LogP contribution in [0.25, 0.3) is 5.76 Å². The van der Waals surface area contributed by atoms with E-state index in [4.69, 9.17) is 0 Å². The molecule has 1 spiro atoms. The number of aryl methyl sites for hydroxylation is 1. The number of phenols is 3. The summed E-state index contributed by atoms with van der Waals surface area (Å²) in [5.41, 5.74) is -5.36. The molecule has 11 heteroatoms. The van der Waals surface area contributed by atoms with Gasteiger partial charge >= 0.3 is 0 Å². The molecule has 2 aromatic rings. The van der Waals surface area contributed by atoms with Gasteiger partial charge in [0.25, 0.3) is 0 Å². The van der Waals surface area contributed by atoms with E-state index >= 15 is 0 Å². The Bertz CT molecular complexity index is 1830. The van der Waals surface area contributed by atoms with Crippen LogP contribution >= 0.6 is 0 Å². The van der Waals surface area contributed by atoms with Crippen LogP contribution in [0.4, 0.5) is 0 Å². The van der Waals surface area contributed by atoms with Gasteiger partial charge < -0.3 is 30.6 Å². The number of hydrogen-bond acceptors (Lipinski definition) is 11. The fourth-order valence-electron chi connectivity index (χ4n) is 8.15. The molecule has 7 rings (SSSR count). The first-order valence-corrected chi connectivity index (χ1v) is 12.9. The number of benzene rings is 2. The summed E-state index contributed by atoms with van der Waals surface area (Å²) in [5, 5.41) is 67.7. The predicted octanol–water partition coefficient (Wildman–Crippen LogP) is 1.81. The molecule has 0 amide bonds. The van der Waals surface area contributed by atoms with Crippen molar-refractivity contribution in [3.8, 4) is 17.2 Å². The van der Waals surface area contributed by atoms with Gasteiger partial charge in [-0.05, 0) is 37.6 Å². The van der Waals surface area contributed by atoms with Crippen LogP contribution in [-0.4, -0.2) is 71.8 Å². The maximum absolute atomic E-state index is 14.5. The second-order valence-electron chi connectivity index (χ2n) is 11.5. The van der Waals surface area contributed by atoms with Crippen molar-refractivity contribution in [2.75, 3.05) is 0 Å². The van der Waals surface area contributed by atoms with Gasteiger partial charge in [-0.25, -0.2) is 0 Å². The number of allylic oxidation sites excluding steroid dienone is 3. The summed E-state index contributed by atoms with van der Waals surface area (Å²) in [7, 11) is 0. The Kier molecular flexibility index (Phi) is 4.68. The van der Waals surface area contributed by atoms with E-state index in [1.807, 2.05) is 0 Å². The summed E-state index contributed by atoms with van der Waals surface area (Å²) in [6.45, 7) is 2.89. The van der Waals surface area contributed by atoms with Crippen molar-refractivity contribution in [1.82, 2.24) is 0 Å². The lowest BCUT2D eigenvalue weighted by Crippen LogP contribution is -2.56. The van der Waals surface area contributed by atoms with Gasteiger partial charge in [-0.2, -0.15) is 0 Å². The zero-order valence-electron chi connectivity index (χ0n) is 21.6. The molecule has 0 heterocycles. The number of Topliss-reactive ketones (excluding diaryl/α,β-unsaturated/α-hetero) is 4. The lowest BCUT2D eigenvalue weighted by Gasteiger charge is -2.47. The molecule has 6 atom stereocenters. The van der Waals surface area contributed by atoms with E-state index in [0.717, 1.165) is 6.08 Å². The van der Waals surface area contributed by atoms with Crippen molar-refractivity contribution in [3.63, 3.8) is 0 Å². The van der Waals surface area contributed by atoms with Crippen LogP contribution in [0.2, 0.25) is 0 Å². The van der Waals surface area contributed by atoms with Gasteiger partial charge in [0.05, 0.1) is 51.4 Å². The smallest absolute Gasteiger partial charge is 0.193 e. The third kappa shape index (κ3) is 2.59. The second-order valence-corrected chi connectivity index (χ2v) is 11.5. The first-order valence-electron chi connectivity index (χ1n) is 12.9. The van der Waals surface area contributed by atoms with Gasteiger partial charge in [-0.15, -0.1) is 0 Å². The molecule has 0 radical (unpaired) electrons. The van der Waals surface area contributed by atoms with E-state index in [0.29, 0.717) is 5.56 Å². The van der Waals surface area contributed by atoms with Crippen LogP contribution in [0.5, 0.6) is 17.2 Å². The maximum Gasteiger partial charge on any atom is 0.193 e. The van der Waals surface area contributed by atoms with Gasteiger partial charge in [0, 0.05) is 35.0 Å². The predicted molar refractivity (Wildman–Crippen MR) is 137 cm³/mol. The van der Waals surface area contributed by atoms with Crippen LogP contribution in [0.1, 0.15) is 77.4 Å². The highest BCUT2D eigenvalue weighted by molar-refractivity contribution is 6.29. The summed E-state index contributed by atoms with van der Waals surface area (Å²) in [5.74, 6) is -12.4. The maximum atomic E-state index is 14.5. The summed E-state index contributed by atoms with van der Waals surface area (Å²) in [6, 6.07) is 2.61. The number of aromatic hydroxyl groups is 3. The molecule has 5 aliphatic rings. The average Bonchev–Trinajstić information content (AvgIpc) is 3.08. The lowest BCUT2D eigenvalue weighted by atomic mass is 9.53. The molecule has 0 saturated heterocycles. The molecule has 0 aromatic heterocycles. The highest BCUT2D eigenvalue weighted by atomic mass is 16.3. The molecule has 2 fully saturated rings. The van der Waals surface area contributed by atoms with E-state index < -0.39 is 122 Å². The third-order valence-corrected chi connectivity index (χ3v) is 9.50. The van der Waals surface area contributed by atoms with Gasteiger partial charge in [0.2, 0.25) is 0 Å². The number of carbonyl (C=O) groups excluding carboxylic acids is 5. The van der Waals surface area contributed by atoms with E-state index in [1.54, 1.807) is 6.92 Å². The Morgan fingerprint density at radius 1 is 0.854 bits per heavy atom. The molecular formula is C30H22O11.